The van der Waals surface area contributed by atoms with E-state index in [2.05, 4.69) is 19.2 Å². The fourth-order valence-corrected chi connectivity index (χ4v) is 1.81. The highest BCUT2D eigenvalue weighted by Crippen LogP contribution is 2.39. The first-order chi connectivity index (χ1) is 5.29. The van der Waals surface area contributed by atoms with Crippen molar-refractivity contribution in [2.45, 2.75) is 52.2 Å². The summed E-state index contributed by atoms with van der Waals surface area (Å²) in [5.74, 6) is 0. The first kappa shape index (κ1) is 10.0. The third-order valence-electron chi connectivity index (χ3n) is 2.42. The highest BCUT2D eigenvalue weighted by molar-refractivity contribution is 4.92. The Kier molecular flexibility index (Phi) is 2.50. The van der Waals surface area contributed by atoms with E-state index >= 15 is 0 Å². The minimum atomic E-state index is -0.570. The number of hydrogen-bond donors (Lipinski definition) is 2. The summed E-state index contributed by atoms with van der Waals surface area (Å²) in [6.45, 7) is 8.95. The first-order valence-electron chi connectivity index (χ1n) is 4.74. The third-order valence-corrected chi connectivity index (χ3v) is 2.42. The second kappa shape index (κ2) is 3.00. The highest BCUT2D eigenvalue weighted by atomic mass is 16.3. The molecule has 12 heavy (non-hydrogen) atoms. The smallest absolute Gasteiger partial charge is 0.0715 e. The number of aliphatic hydroxyl groups is 1. The number of nitrogens with one attached hydrogen (secondary N) is 1. The molecule has 0 atom stereocenters. The van der Waals surface area contributed by atoms with Crippen LogP contribution in [0, 0.1) is 5.41 Å². The zero-order chi connectivity index (χ0) is 9.41. The minimum Gasteiger partial charge on any atom is -0.389 e. The molecule has 0 amide bonds. The van der Waals surface area contributed by atoms with Crippen LogP contribution in [0.3, 0.4) is 0 Å². The zero-order valence-electron chi connectivity index (χ0n) is 8.65. The van der Waals surface area contributed by atoms with Crippen molar-refractivity contribution in [1.82, 2.24) is 5.32 Å². The third kappa shape index (κ3) is 3.11. The summed E-state index contributed by atoms with van der Waals surface area (Å²) in [5, 5.41) is 12.8. The van der Waals surface area contributed by atoms with Crippen molar-refractivity contribution < 1.29 is 5.11 Å². The SMILES string of the molecule is CC(C)(O)CNC1CC(C)(C)C1. The van der Waals surface area contributed by atoms with Crippen LogP contribution >= 0.6 is 0 Å². The minimum absolute atomic E-state index is 0.525. The molecule has 0 spiro atoms. The molecule has 2 heteroatoms. The molecule has 0 saturated heterocycles. The van der Waals surface area contributed by atoms with Crippen LogP contribution in [0.25, 0.3) is 0 Å². The predicted molar refractivity (Wildman–Crippen MR) is 51.1 cm³/mol. The number of rotatable bonds is 3. The average molecular weight is 171 g/mol. The summed E-state index contributed by atoms with van der Waals surface area (Å²) < 4.78 is 0. The first-order valence-corrected chi connectivity index (χ1v) is 4.74. The Bertz CT molecular complexity index is 150. The summed E-state index contributed by atoms with van der Waals surface area (Å²) >= 11 is 0. The van der Waals surface area contributed by atoms with E-state index in [1.807, 2.05) is 13.8 Å². The van der Waals surface area contributed by atoms with Gasteiger partial charge in [-0.15, -0.1) is 0 Å². The van der Waals surface area contributed by atoms with Gasteiger partial charge in [0, 0.05) is 12.6 Å². The van der Waals surface area contributed by atoms with E-state index in [-0.39, 0.29) is 0 Å². The summed E-state index contributed by atoms with van der Waals surface area (Å²) in [6, 6.07) is 0.631. The largest absolute Gasteiger partial charge is 0.389 e. The Hall–Kier alpha value is -0.0800. The Morgan fingerprint density at radius 3 is 2.25 bits per heavy atom. The van der Waals surface area contributed by atoms with Gasteiger partial charge in [0.15, 0.2) is 0 Å². The Labute approximate surface area is 75.4 Å². The molecule has 0 aromatic carbocycles. The van der Waals surface area contributed by atoms with Crippen LogP contribution in [0.5, 0.6) is 0 Å². The molecule has 0 aliphatic heterocycles. The van der Waals surface area contributed by atoms with Crippen LogP contribution in [0.2, 0.25) is 0 Å². The lowest BCUT2D eigenvalue weighted by atomic mass is 9.68. The van der Waals surface area contributed by atoms with Crippen molar-refractivity contribution in [2.24, 2.45) is 5.41 Å². The summed E-state index contributed by atoms with van der Waals surface area (Å²) in [7, 11) is 0. The molecular weight excluding hydrogens is 150 g/mol. The van der Waals surface area contributed by atoms with Gasteiger partial charge in [0.2, 0.25) is 0 Å². The van der Waals surface area contributed by atoms with Crippen molar-refractivity contribution in [1.29, 1.82) is 0 Å². The van der Waals surface area contributed by atoms with E-state index in [0.29, 0.717) is 18.0 Å². The van der Waals surface area contributed by atoms with Crippen LogP contribution in [0.1, 0.15) is 40.5 Å². The topological polar surface area (TPSA) is 32.3 Å². The van der Waals surface area contributed by atoms with Gasteiger partial charge in [0.05, 0.1) is 5.60 Å². The fraction of sp³-hybridized carbons (Fsp3) is 1.00. The molecule has 2 N–H and O–H groups in total. The molecular formula is C10H21NO. The maximum atomic E-state index is 9.45. The molecule has 1 aliphatic carbocycles. The molecule has 0 unspecified atom stereocenters. The van der Waals surface area contributed by atoms with E-state index in [1.165, 1.54) is 12.8 Å². The van der Waals surface area contributed by atoms with Crippen LogP contribution in [0.15, 0.2) is 0 Å². The van der Waals surface area contributed by atoms with Gasteiger partial charge in [0.25, 0.3) is 0 Å². The van der Waals surface area contributed by atoms with Gasteiger partial charge >= 0.3 is 0 Å². The van der Waals surface area contributed by atoms with Gasteiger partial charge in [-0.1, -0.05) is 13.8 Å². The van der Waals surface area contributed by atoms with E-state index in [9.17, 15) is 5.11 Å². The average Bonchev–Trinajstić information content (AvgIpc) is 1.76. The van der Waals surface area contributed by atoms with Crippen LogP contribution < -0.4 is 5.32 Å². The molecule has 1 aliphatic rings. The molecule has 0 heterocycles. The lowest BCUT2D eigenvalue weighted by Crippen LogP contribution is -2.49. The molecule has 1 saturated carbocycles. The predicted octanol–water partition coefficient (Wildman–Crippen LogP) is 1.54. The Balaban J connectivity index is 2.12. The summed E-state index contributed by atoms with van der Waals surface area (Å²) in [5.41, 5.74) is -0.0446. The van der Waals surface area contributed by atoms with E-state index in [0.717, 1.165) is 0 Å². The van der Waals surface area contributed by atoms with Crippen molar-refractivity contribution in [2.75, 3.05) is 6.54 Å². The van der Waals surface area contributed by atoms with Crippen molar-refractivity contribution in [3.05, 3.63) is 0 Å². The van der Waals surface area contributed by atoms with Crippen LogP contribution in [-0.2, 0) is 0 Å². The van der Waals surface area contributed by atoms with E-state index in [1.54, 1.807) is 0 Å². The summed E-state index contributed by atoms with van der Waals surface area (Å²) in [6.07, 6.45) is 2.48. The molecule has 0 radical (unpaired) electrons. The van der Waals surface area contributed by atoms with Gasteiger partial charge < -0.3 is 10.4 Å². The van der Waals surface area contributed by atoms with Gasteiger partial charge in [-0.05, 0) is 32.1 Å². The highest BCUT2D eigenvalue weighted by Gasteiger charge is 2.36. The van der Waals surface area contributed by atoms with Crippen LogP contribution in [-0.4, -0.2) is 23.3 Å². The standard InChI is InChI=1S/C10H21NO/c1-9(2)5-8(6-9)11-7-10(3,4)12/h8,11-12H,5-7H2,1-4H3. The van der Waals surface area contributed by atoms with E-state index < -0.39 is 5.60 Å². The monoisotopic (exact) mass is 171 g/mol. The molecule has 2 nitrogen and oxygen atoms in total. The van der Waals surface area contributed by atoms with Crippen molar-refractivity contribution in [3.63, 3.8) is 0 Å². The van der Waals surface area contributed by atoms with Gasteiger partial charge in [-0.25, -0.2) is 0 Å². The molecule has 0 bridgehead atoms. The van der Waals surface area contributed by atoms with Crippen molar-refractivity contribution in [3.8, 4) is 0 Å². The molecule has 1 rings (SSSR count). The van der Waals surface area contributed by atoms with Gasteiger partial charge in [-0.3, -0.25) is 0 Å². The molecule has 0 aromatic rings. The quantitative estimate of drug-likeness (QED) is 0.675. The lowest BCUT2D eigenvalue weighted by Gasteiger charge is -2.43. The normalized spacial score (nSPS) is 23.8. The zero-order valence-corrected chi connectivity index (χ0v) is 8.65. The van der Waals surface area contributed by atoms with Crippen LogP contribution in [0.4, 0.5) is 0 Å². The van der Waals surface area contributed by atoms with E-state index in [4.69, 9.17) is 0 Å². The molecule has 72 valence electrons. The Morgan fingerprint density at radius 1 is 1.42 bits per heavy atom. The second-order valence-electron chi connectivity index (χ2n) is 5.46. The maximum Gasteiger partial charge on any atom is 0.0715 e. The second-order valence-corrected chi connectivity index (χ2v) is 5.46. The Morgan fingerprint density at radius 2 is 1.92 bits per heavy atom. The maximum absolute atomic E-state index is 9.45. The van der Waals surface area contributed by atoms with Crippen molar-refractivity contribution >= 4 is 0 Å². The molecule has 0 aromatic heterocycles. The summed E-state index contributed by atoms with van der Waals surface area (Å²) in [4.78, 5) is 0. The molecule has 1 fully saturated rings. The number of hydrogen-bond acceptors (Lipinski definition) is 2. The lowest BCUT2D eigenvalue weighted by molar-refractivity contribution is 0.0547. The van der Waals surface area contributed by atoms with Gasteiger partial charge in [0.1, 0.15) is 0 Å². The van der Waals surface area contributed by atoms with Gasteiger partial charge in [-0.2, -0.15) is 0 Å². The fourth-order valence-electron chi connectivity index (χ4n) is 1.81.